The van der Waals surface area contributed by atoms with Crippen molar-refractivity contribution < 1.29 is 14.4 Å². The third-order valence-corrected chi connectivity index (χ3v) is 7.39. The van der Waals surface area contributed by atoms with Gasteiger partial charge in [-0.15, -0.1) is 16.4 Å². The van der Waals surface area contributed by atoms with E-state index >= 15 is 0 Å². The monoisotopic (exact) mass is 516 g/mol. The molecule has 3 amide bonds. The molecule has 5 rings (SSSR count). The van der Waals surface area contributed by atoms with Gasteiger partial charge in [-0.3, -0.25) is 19.3 Å². The molecule has 0 saturated heterocycles. The molecule has 1 aliphatic rings. The predicted octanol–water partition coefficient (Wildman–Crippen LogP) is 4.28. The van der Waals surface area contributed by atoms with Crippen LogP contribution in [0.4, 0.5) is 11.4 Å². The van der Waals surface area contributed by atoms with Crippen molar-refractivity contribution in [2.45, 2.75) is 51.2 Å². The number of rotatable bonds is 8. The minimum Gasteiger partial charge on any atom is -0.351 e. The van der Waals surface area contributed by atoms with Crippen molar-refractivity contribution in [1.82, 2.24) is 20.3 Å². The Balaban J connectivity index is 1.53. The summed E-state index contributed by atoms with van der Waals surface area (Å²) >= 11 is 1.43. The second kappa shape index (κ2) is 10.9. The minimum atomic E-state index is -0.852. The van der Waals surface area contributed by atoms with Gasteiger partial charge in [0.1, 0.15) is 18.1 Å². The van der Waals surface area contributed by atoms with Crippen molar-refractivity contribution in [3.05, 3.63) is 70.9 Å². The van der Waals surface area contributed by atoms with Crippen molar-refractivity contribution in [2.75, 3.05) is 10.2 Å². The van der Waals surface area contributed by atoms with Gasteiger partial charge in [-0.2, -0.15) is 0 Å². The van der Waals surface area contributed by atoms with Crippen LogP contribution in [-0.4, -0.2) is 38.8 Å². The number of hydrogen-bond donors (Lipinski definition) is 2. The van der Waals surface area contributed by atoms with Gasteiger partial charge >= 0.3 is 0 Å². The lowest BCUT2D eigenvalue weighted by Gasteiger charge is -2.31. The van der Waals surface area contributed by atoms with Crippen molar-refractivity contribution >= 4 is 51.5 Å². The Labute approximate surface area is 218 Å². The molecule has 1 fully saturated rings. The Kier molecular flexibility index (Phi) is 7.27. The van der Waals surface area contributed by atoms with Crippen LogP contribution in [0.25, 0.3) is 11.0 Å². The number of amides is 3. The molecular weight excluding hydrogens is 488 g/mol. The Hall–Kier alpha value is -4.05. The zero-order valence-corrected chi connectivity index (χ0v) is 21.3. The van der Waals surface area contributed by atoms with Crippen LogP contribution in [-0.2, 0) is 20.9 Å². The first-order valence-electron chi connectivity index (χ1n) is 12.3. The molecule has 37 heavy (non-hydrogen) atoms. The number of para-hydroxylation sites is 1. The van der Waals surface area contributed by atoms with Crippen LogP contribution in [0.2, 0.25) is 0 Å². The molecule has 0 spiro atoms. The molecule has 9 nitrogen and oxygen atoms in total. The van der Waals surface area contributed by atoms with Crippen LogP contribution in [0.1, 0.15) is 43.5 Å². The van der Waals surface area contributed by atoms with Crippen molar-refractivity contribution in [3.63, 3.8) is 0 Å². The van der Waals surface area contributed by atoms with E-state index in [1.165, 1.54) is 23.2 Å². The first-order valence-corrected chi connectivity index (χ1v) is 13.2. The second-order valence-electron chi connectivity index (χ2n) is 9.14. The summed E-state index contributed by atoms with van der Waals surface area (Å²) in [5, 5.41) is 16.2. The molecular formula is C27H28N6O3S. The van der Waals surface area contributed by atoms with E-state index < -0.39 is 6.04 Å². The number of fused-ring (bicyclic) bond motifs is 1. The Bertz CT molecular complexity index is 1390. The van der Waals surface area contributed by atoms with E-state index in [0.29, 0.717) is 16.9 Å². The molecule has 2 N–H and O–H groups in total. The van der Waals surface area contributed by atoms with Gasteiger partial charge < -0.3 is 10.6 Å². The molecule has 4 aromatic rings. The Morgan fingerprint density at radius 2 is 1.81 bits per heavy atom. The number of hydrogen-bond acceptors (Lipinski definition) is 6. The van der Waals surface area contributed by atoms with Gasteiger partial charge in [-0.1, -0.05) is 36.3 Å². The number of carbonyl (C=O) groups is 3. The number of thiophene rings is 1. The fourth-order valence-corrected chi connectivity index (χ4v) is 5.57. The minimum absolute atomic E-state index is 0.0907. The summed E-state index contributed by atoms with van der Waals surface area (Å²) in [5.74, 6) is -0.703. The fraction of sp³-hybridized carbons (Fsp3) is 0.296. The lowest BCUT2D eigenvalue weighted by molar-refractivity contribution is -0.127. The normalized spacial score (nSPS) is 14.4. The van der Waals surface area contributed by atoms with Gasteiger partial charge in [0.2, 0.25) is 17.7 Å². The topological polar surface area (TPSA) is 109 Å². The molecule has 0 radical (unpaired) electrons. The molecule has 0 aliphatic heterocycles. The molecule has 2 aromatic heterocycles. The third-order valence-electron chi connectivity index (χ3n) is 6.46. The largest absolute Gasteiger partial charge is 0.351 e. The Morgan fingerprint density at radius 1 is 1.05 bits per heavy atom. The van der Waals surface area contributed by atoms with Crippen LogP contribution in [0.3, 0.4) is 0 Å². The smallest absolute Gasteiger partial charge is 0.249 e. The standard InChI is InChI=1S/C27H28N6O3S/c1-18(34)28-20-12-14-21(15-13-20)33(25(35)17-32-23-10-5-4-9-22(23)30-31-32)26(24-11-6-16-37-24)27(36)29-19-7-2-3-8-19/h4-6,9-16,19,26H,2-3,7-8,17H2,1H3,(H,28,34)(H,29,36)/t26-/m1/s1. The van der Waals surface area contributed by atoms with E-state index in [0.717, 1.165) is 36.1 Å². The first kappa shape index (κ1) is 24.6. The number of anilines is 2. The SMILES string of the molecule is CC(=O)Nc1ccc(N(C(=O)Cn2nnc3ccccc32)[C@@H](C(=O)NC2CCCC2)c2cccs2)cc1. The van der Waals surface area contributed by atoms with Crippen LogP contribution in [0, 0.1) is 0 Å². The van der Waals surface area contributed by atoms with Crippen LogP contribution in [0.5, 0.6) is 0 Å². The Morgan fingerprint density at radius 3 is 2.51 bits per heavy atom. The number of nitrogens with one attached hydrogen (secondary N) is 2. The van der Waals surface area contributed by atoms with E-state index in [1.807, 2.05) is 41.8 Å². The number of nitrogens with zero attached hydrogens (tertiary/aromatic N) is 4. The third kappa shape index (κ3) is 5.54. The highest BCUT2D eigenvalue weighted by molar-refractivity contribution is 7.10. The molecule has 0 unspecified atom stereocenters. The maximum atomic E-state index is 14.0. The maximum Gasteiger partial charge on any atom is 0.249 e. The lowest BCUT2D eigenvalue weighted by Crippen LogP contribution is -2.47. The summed E-state index contributed by atoms with van der Waals surface area (Å²) in [6.07, 6.45) is 4.04. The maximum absolute atomic E-state index is 14.0. The van der Waals surface area contributed by atoms with E-state index in [1.54, 1.807) is 28.9 Å². The highest BCUT2D eigenvalue weighted by atomic mass is 32.1. The molecule has 1 atom stereocenters. The van der Waals surface area contributed by atoms with E-state index in [-0.39, 0.29) is 30.3 Å². The van der Waals surface area contributed by atoms with Gasteiger partial charge in [0, 0.05) is 29.2 Å². The summed E-state index contributed by atoms with van der Waals surface area (Å²) in [7, 11) is 0. The lowest BCUT2D eigenvalue weighted by atomic mass is 10.1. The summed E-state index contributed by atoms with van der Waals surface area (Å²) in [6.45, 7) is 1.35. The van der Waals surface area contributed by atoms with E-state index in [2.05, 4.69) is 20.9 Å². The van der Waals surface area contributed by atoms with Gasteiger partial charge in [-0.05, 0) is 60.7 Å². The zero-order chi connectivity index (χ0) is 25.8. The molecule has 1 saturated carbocycles. The number of carbonyl (C=O) groups excluding carboxylic acids is 3. The predicted molar refractivity (Wildman–Crippen MR) is 143 cm³/mol. The quantitative estimate of drug-likeness (QED) is 0.363. The van der Waals surface area contributed by atoms with Gasteiger partial charge in [0.05, 0.1) is 5.52 Å². The summed E-state index contributed by atoms with van der Waals surface area (Å²) in [6, 6.07) is 17.4. The number of benzene rings is 2. The average Bonchev–Trinajstić information content (AvgIpc) is 3.66. The van der Waals surface area contributed by atoms with Crippen LogP contribution >= 0.6 is 11.3 Å². The van der Waals surface area contributed by atoms with E-state index in [4.69, 9.17) is 0 Å². The highest BCUT2D eigenvalue weighted by Gasteiger charge is 2.35. The average molecular weight is 517 g/mol. The molecule has 10 heteroatoms. The summed E-state index contributed by atoms with van der Waals surface area (Å²) in [4.78, 5) is 41.5. The van der Waals surface area contributed by atoms with E-state index in [9.17, 15) is 14.4 Å². The van der Waals surface area contributed by atoms with Crippen molar-refractivity contribution in [3.8, 4) is 0 Å². The summed E-state index contributed by atoms with van der Waals surface area (Å²) < 4.78 is 1.55. The number of aromatic nitrogens is 3. The summed E-state index contributed by atoms with van der Waals surface area (Å²) in [5.41, 5.74) is 2.58. The van der Waals surface area contributed by atoms with Gasteiger partial charge in [-0.25, -0.2) is 4.68 Å². The highest BCUT2D eigenvalue weighted by Crippen LogP contribution is 2.33. The molecule has 1 aliphatic carbocycles. The van der Waals surface area contributed by atoms with Crippen molar-refractivity contribution in [1.29, 1.82) is 0 Å². The molecule has 2 aromatic carbocycles. The van der Waals surface area contributed by atoms with Crippen LogP contribution < -0.4 is 15.5 Å². The van der Waals surface area contributed by atoms with Gasteiger partial charge in [0.25, 0.3) is 0 Å². The zero-order valence-electron chi connectivity index (χ0n) is 20.5. The van der Waals surface area contributed by atoms with Crippen molar-refractivity contribution in [2.24, 2.45) is 0 Å². The molecule has 2 heterocycles. The molecule has 190 valence electrons. The molecule has 0 bridgehead atoms. The first-order chi connectivity index (χ1) is 18.0. The fourth-order valence-electron chi connectivity index (χ4n) is 4.75. The second-order valence-corrected chi connectivity index (χ2v) is 10.1. The van der Waals surface area contributed by atoms with Crippen LogP contribution in [0.15, 0.2) is 66.0 Å². The van der Waals surface area contributed by atoms with Gasteiger partial charge in [0.15, 0.2) is 0 Å².